The van der Waals surface area contributed by atoms with Crippen molar-refractivity contribution in [2.45, 2.75) is 6.54 Å². The second-order valence-electron chi connectivity index (χ2n) is 10.5. The molecule has 2 heterocycles. The average Bonchev–Trinajstić information content (AvgIpc) is 3.58. The number of furan rings is 1. The molecule has 0 radical (unpaired) electrons. The van der Waals surface area contributed by atoms with E-state index < -0.39 is 21.7 Å². The Labute approximate surface area is 254 Å². The minimum absolute atomic E-state index is 0.0372. The minimum Gasteiger partial charge on any atom is -0.455 e. The number of amides is 1. The van der Waals surface area contributed by atoms with Crippen molar-refractivity contribution in [3.05, 3.63) is 102 Å². The molecule has 6 aromatic rings. The number of rotatable bonds is 8. The van der Waals surface area contributed by atoms with E-state index in [-0.39, 0.29) is 17.9 Å². The van der Waals surface area contributed by atoms with E-state index in [0.29, 0.717) is 39.9 Å². The fourth-order valence-corrected chi connectivity index (χ4v) is 6.10. The maximum absolute atomic E-state index is 13.7. The molecule has 0 saturated carbocycles. The lowest BCUT2D eigenvalue weighted by Crippen LogP contribution is -2.25. The molecular weight excluding hydrogens is 581 g/mol. The average molecular weight is 612 g/mol. The second kappa shape index (κ2) is 11.3. The summed E-state index contributed by atoms with van der Waals surface area (Å²) in [6, 6.07) is 26.7. The summed E-state index contributed by atoms with van der Waals surface area (Å²) < 4.78 is 48.7. The molecule has 2 N–H and O–H groups in total. The number of para-hydroxylation sites is 1. The van der Waals surface area contributed by atoms with Crippen molar-refractivity contribution in [3.8, 4) is 33.7 Å². The summed E-state index contributed by atoms with van der Waals surface area (Å²) in [6.45, 7) is 0.363. The Morgan fingerprint density at radius 3 is 2.39 bits per heavy atom. The highest BCUT2D eigenvalue weighted by atomic mass is 32.2. The number of aliphatic hydroxyl groups excluding tert-OH is 1. The number of aromatic nitrogens is 1. The van der Waals surface area contributed by atoms with Crippen LogP contribution in [0.2, 0.25) is 0 Å². The molecule has 224 valence electrons. The van der Waals surface area contributed by atoms with E-state index in [0.717, 1.165) is 28.4 Å². The molecule has 0 aliphatic heterocycles. The molecule has 8 nitrogen and oxygen atoms in total. The van der Waals surface area contributed by atoms with Gasteiger partial charge in [-0.3, -0.25) is 9.10 Å². The van der Waals surface area contributed by atoms with Gasteiger partial charge in [-0.05, 0) is 59.7 Å². The Balaban J connectivity index is 1.62. The van der Waals surface area contributed by atoms with Gasteiger partial charge in [0.2, 0.25) is 10.0 Å². The number of hydrogen-bond donors (Lipinski definition) is 2. The number of fused-ring (bicyclic) bond motifs is 2. The van der Waals surface area contributed by atoms with Crippen molar-refractivity contribution < 1.29 is 27.1 Å². The molecule has 0 bridgehead atoms. The Bertz CT molecular complexity index is 2150. The smallest absolute Gasteiger partial charge is 0.255 e. The van der Waals surface area contributed by atoms with Crippen LogP contribution in [0.4, 0.5) is 10.1 Å². The lowest BCUT2D eigenvalue weighted by atomic mass is 9.96. The molecule has 0 spiro atoms. The fourth-order valence-electron chi connectivity index (χ4n) is 5.59. The van der Waals surface area contributed by atoms with Gasteiger partial charge in [-0.25, -0.2) is 12.8 Å². The number of halogens is 1. The minimum atomic E-state index is -3.69. The number of anilines is 1. The molecule has 0 aliphatic rings. The summed E-state index contributed by atoms with van der Waals surface area (Å²) in [5.74, 6) is -0.587. The quantitative estimate of drug-likeness (QED) is 0.211. The van der Waals surface area contributed by atoms with Crippen LogP contribution in [0.1, 0.15) is 10.4 Å². The maximum atomic E-state index is 13.7. The van der Waals surface area contributed by atoms with Gasteiger partial charge in [0.1, 0.15) is 17.2 Å². The first kappa shape index (κ1) is 29.2. The summed E-state index contributed by atoms with van der Waals surface area (Å²) in [4.78, 5) is 13.2. The van der Waals surface area contributed by atoms with E-state index in [1.165, 1.54) is 42.7 Å². The molecule has 1 amide bonds. The standard InChI is InChI=1S/C34H30FN3O5S/c1-36-34(40)32-27-19-26(22-8-6-9-23(17-22)29-18-24-7-4-5-10-28(24)38(29)15-16-39)30(37(2)44(3,41)42)20-31(27)43-33(32)21-11-13-25(35)14-12-21/h4-14,17-20,39H,15-16H2,1-3H3,(H,36,40). The normalized spacial score (nSPS) is 11.8. The lowest BCUT2D eigenvalue weighted by molar-refractivity contribution is 0.0964. The summed E-state index contributed by atoms with van der Waals surface area (Å²) in [6.07, 6.45) is 1.12. The van der Waals surface area contributed by atoms with E-state index in [1.54, 1.807) is 12.1 Å². The van der Waals surface area contributed by atoms with Gasteiger partial charge in [0.25, 0.3) is 5.91 Å². The summed E-state index contributed by atoms with van der Waals surface area (Å²) in [5, 5.41) is 14.0. The highest BCUT2D eigenvalue weighted by Gasteiger charge is 2.26. The number of benzene rings is 4. The van der Waals surface area contributed by atoms with Crippen LogP contribution in [-0.4, -0.2) is 51.0 Å². The molecule has 2 aromatic heterocycles. The molecule has 0 fully saturated rings. The molecular formula is C34H30FN3O5S. The van der Waals surface area contributed by atoms with Crippen LogP contribution in [0.5, 0.6) is 0 Å². The van der Waals surface area contributed by atoms with Gasteiger partial charge < -0.3 is 19.4 Å². The third-order valence-corrected chi connectivity index (χ3v) is 9.00. The monoisotopic (exact) mass is 611 g/mol. The molecule has 44 heavy (non-hydrogen) atoms. The molecule has 0 unspecified atom stereocenters. The van der Waals surface area contributed by atoms with Gasteiger partial charge in [-0.15, -0.1) is 0 Å². The van der Waals surface area contributed by atoms with Gasteiger partial charge >= 0.3 is 0 Å². The van der Waals surface area contributed by atoms with E-state index in [4.69, 9.17) is 4.42 Å². The maximum Gasteiger partial charge on any atom is 0.255 e. The number of aliphatic hydroxyl groups is 1. The van der Waals surface area contributed by atoms with Gasteiger partial charge in [-0.1, -0.05) is 36.4 Å². The van der Waals surface area contributed by atoms with Crippen molar-refractivity contribution in [2.24, 2.45) is 0 Å². The molecule has 6 rings (SSSR count). The van der Waals surface area contributed by atoms with Crippen LogP contribution in [0, 0.1) is 5.82 Å². The first-order valence-electron chi connectivity index (χ1n) is 13.9. The number of sulfonamides is 1. The topological polar surface area (TPSA) is 105 Å². The summed E-state index contributed by atoms with van der Waals surface area (Å²) >= 11 is 0. The molecule has 10 heteroatoms. The highest BCUT2D eigenvalue weighted by molar-refractivity contribution is 7.92. The molecule has 4 aromatic carbocycles. The van der Waals surface area contributed by atoms with Crippen LogP contribution in [0.15, 0.2) is 95.4 Å². The van der Waals surface area contributed by atoms with Crippen molar-refractivity contribution in [1.82, 2.24) is 9.88 Å². The largest absolute Gasteiger partial charge is 0.455 e. The first-order valence-corrected chi connectivity index (χ1v) is 15.8. The van der Waals surface area contributed by atoms with Crippen LogP contribution >= 0.6 is 0 Å². The van der Waals surface area contributed by atoms with Crippen molar-refractivity contribution in [3.63, 3.8) is 0 Å². The summed E-state index contributed by atoms with van der Waals surface area (Å²) in [5.41, 5.74) is 5.44. The molecule has 0 saturated heterocycles. The van der Waals surface area contributed by atoms with Crippen LogP contribution in [-0.2, 0) is 16.6 Å². The van der Waals surface area contributed by atoms with Gasteiger partial charge in [0, 0.05) is 59.8 Å². The molecule has 0 atom stereocenters. The Kier molecular flexibility index (Phi) is 7.48. The number of carbonyl (C=O) groups is 1. The van der Waals surface area contributed by atoms with Crippen LogP contribution in [0.3, 0.4) is 0 Å². The van der Waals surface area contributed by atoms with Crippen molar-refractivity contribution >= 4 is 43.5 Å². The zero-order chi connectivity index (χ0) is 31.2. The van der Waals surface area contributed by atoms with E-state index in [9.17, 15) is 22.7 Å². The highest BCUT2D eigenvalue weighted by Crippen LogP contribution is 2.42. The van der Waals surface area contributed by atoms with Crippen molar-refractivity contribution in [1.29, 1.82) is 0 Å². The zero-order valence-corrected chi connectivity index (χ0v) is 25.2. The van der Waals surface area contributed by atoms with E-state index in [1.807, 2.05) is 48.5 Å². The van der Waals surface area contributed by atoms with Gasteiger partial charge in [0.05, 0.1) is 24.1 Å². The van der Waals surface area contributed by atoms with Crippen LogP contribution in [0.25, 0.3) is 55.6 Å². The summed E-state index contributed by atoms with van der Waals surface area (Å²) in [7, 11) is -0.715. The van der Waals surface area contributed by atoms with Crippen molar-refractivity contribution in [2.75, 3.05) is 31.3 Å². The van der Waals surface area contributed by atoms with E-state index in [2.05, 4.69) is 16.0 Å². The zero-order valence-electron chi connectivity index (χ0n) is 24.3. The van der Waals surface area contributed by atoms with Gasteiger partial charge in [-0.2, -0.15) is 0 Å². The SMILES string of the molecule is CNC(=O)c1c(-c2ccc(F)cc2)oc2cc(N(C)S(C)(=O)=O)c(-c3cccc(-c4cc5ccccc5n4CCO)c3)cc12. The van der Waals surface area contributed by atoms with Crippen LogP contribution < -0.4 is 9.62 Å². The number of nitrogens with one attached hydrogen (secondary N) is 1. The Morgan fingerprint density at radius 2 is 1.68 bits per heavy atom. The van der Waals surface area contributed by atoms with Gasteiger partial charge in [0.15, 0.2) is 0 Å². The lowest BCUT2D eigenvalue weighted by Gasteiger charge is -2.21. The Morgan fingerprint density at radius 1 is 0.955 bits per heavy atom. The molecule has 0 aliphatic carbocycles. The third kappa shape index (κ3) is 5.12. The Hall–Kier alpha value is -4.93. The second-order valence-corrected chi connectivity index (χ2v) is 12.5. The predicted molar refractivity (Wildman–Crippen MR) is 172 cm³/mol. The number of nitrogens with zero attached hydrogens (tertiary/aromatic N) is 2. The first-order chi connectivity index (χ1) is 21.1. The predicted octanol–water partition coefficient (Wildman–Crippen LogP) is 6.28. The third-order valence-electron chi connectivity index (χ3n) is 7.81. The fraction of sp³-hybridized carbons (Fsp3) is 0.147. The van der Waals surface area contributed by atoms with E-state index >= 15 is 0 Å². The number of hydrogen-bond acceptors (Lipinski definition) is 5. The number of carbonyl (C=O) groups excluding carboxylic acids is 1.